The van der Waals surface area contributed by atoms with Gasteiger partial charge >= 0.3 is 5.97 Å². The van der Waals surface area contributed by atoms with Crippen molar-refractivity contribution in [2.45, 2.75) is 20.4 Å². The maximum absolute atomic E-state index is 11.0. The minimum absolute atomic E-state index is 0.260. The van der Waals surface area contributed by atoms with Gasteiger partial charge in [-0.2, -0.15) is 0 Å². The zero-order chi connectivity index (χ0) is 13.8. The number of rotatable bonds is 5. The molecule has 0 spiro atoms. The molecule has 0 unspecified atom stereocenters. The zero-order valence-electron chi connectivity index (χ0n) is 11.0. The lowest BCUT2D eigenvalue weighted by Crippen LogP contribution is -2.23. The summed E-state index contributed by atoms with van der Waals surface area (Å²) >= 11 is 1.71. The van der Waals surface area contributed by atoms with Crippen LogP contribution in [-0.2, 0) is 6.54 Å². The van der Waals surface area contributed by atoms with Crippen LogP contribution in [0.2, 0.25) is 0 Å². The van der Waals surface area contributed by atoms with E-state index in [4.69, 9.17) is 5.11 Å². The number of carboxylic acids is 1. The number of pyridine rings is 1. The van der Waals surface area contributed by atoms with E-state index in [0.29, 0.717) is 5.69 Å². The second-order valence-corrected chi connectivity index (χ2v) is 5.23. The molecule has 2 aromatic heterocycles. The maximum atomic E-state index is 11.0. The second kappa shape index (κ2) is 5.84. The highest BCUT2D eigenvalue weighted by molar-refractivity contribution is 7.09. The van der Waals surface area contributed by atoms with Crippen LogP contribution in [0.4, 0.5) is 5.82 Å². The number of nitrogens with zero attached hydrogens (tertiary/aromatic N) is 2. The van der Waals surface area contributed by atoms with Crippen molar-refractivity contribution in [3.63, 3.8) is 0 Å². The maximum Gasteiger partial charge on any atom is 0.337 e. The molecule has 0 radical (unpaired) electrons. The Labute approximate surface area is 116 Å². The smallest absolute Gasteiger partial charge is 0.337 e. The summed E-state index contributed by atoms with van der Waals surface area (Å²) in [5.41, 5.74) is 0.811. The summed E-state index contributed by atoms with van der Waals surface area (Å²) < 4.78 is 0. The molecule has 0 bridgehead atoms. The summed E-state index contributed by atoms with van der Waals surface area (Å²) in [6, 6.07) is 7.51. The molecule has 0 aliphatic heterocycles. The molecule has 0 aromatic carbocycles. The van der Waals surface area contributed by atoms with E-state index in [0.717, 1.165) is 18.9 Å². The SMILES string of the molecule is CCN(Cc1cccs1)c1ccc(C(=O)O)c(C)n1. The van der Waals surface area contributed by atoms with E-state index in [2.05, 4.69) is 28.3 Å². The van der Waals surface area contributed by atoms with Crippen LogP contribution in [0.5, 0.6) is 0 Å². The Morgan fingerprint density at radius 3 is 2.74 bits per heavy atom. The Morgan fingerprint density at radius 2 is 2.21 bits per heavy atom. The Bertz CT molecular complexity index is 567. The Morgan fingerprint density at radius 1 is 1.42 bits per heavy atom. The minimum atomic E-state index is -0.933. The van der Waals surface area contributed by atoms with E-state index in [1.807, 2.05) is 6.07 Å². The van der Waals surface area contributed by atoms with E-state index in [-0.39, 0.29) is 5.56 Å². The van der Waals surface area contributed by atoms with Crippen LogP contribution in [0.15, 0.2) is 29.6 Å². The number of hydrogen-bond acceptors (Lipinski definition) is 4. The van der Waals surface area contributed by atoms with Gasteiger partial charge in [0, 0.05) is 11.4 Å². The first-order valence-corrected chi connectivity index (χ1v) is 6.98. The van der Waals surface area contributed by atoms with Gasteiger partial charge in [0.2, 0.25) is 0 Å². The van der Waals surface area contributed by atoms with Gasteiger partial charge in [0.1, 0.15) is 5.82 Å². The average Bonchev–Trinajstić information content (AvgIpc) is 2.88. The Hall–Kier alpha value is -1.88. The highest BCUT2D eigenvalue weighted by Crippen LogP contribution is 2.19. The predicted octanol–water partition coefficient (Wildman–Crippen LogP) is 3.18. The number of aromatic nitrogens is 1. The lowest BCUT2D eigenvalue weighted by Gasteiger charge is -2.21. The molecule has 19 heavy (non-hydrogen) atoms. The number of carbonyl (C=O) groups is 1. The number of aryl methyl sites for hydroxylation is 1. The van der Waals surface area contributed by atoms with Crippen LogP contribution in [0.1, 0.15) is 27.9 Å². The van der Waals surface area contributed by atoms with Crippen LogP contribution < -0.4 is 4.90 Å². The quantitative estimate of drug-likeness (QED) is 0.911. The van der Waals surface area contributed by atoms with Crippen molar-refractivity contribution in [2.24, 2.45) is 0 Å². The lowest BCUT2D eigenvalue weighted by molar-refractivity contribution is 0.0695. The van der Waals surface area contributed by atoms with Crippen molar-refractivity contribution in [2.75, 3.05) is 11.4 Å². The molecule has 0 saturated carbocycles. The van der Waals surface area contributed by atoms with Crippen LogP contribution in [0.25, 0.3) is 0 Å². The first-order valence-electron chi connectivity index (χ1n) is 6.10. The molecule has 5 heteroatoms. The average molecular weight is 276 g/mol. The van der Waals surface area contributed by atoms with Crippen LogP contribution in [0, 0.1) is 6.92 Å². The molecule has 0 aliphatic carbocycles. The van der Waals surface area contributed by atoms with Crippen molar-refractivity contribution >= 4 is 23.1 Å². The fraction of sp³-hybridized carbons (Fsp3) is 0.286. The number of thiophene rings is 1. The third-order valence-electron chi connectivity index (χ3n) is 2.93. The van der Waals surface area contributed by atoms with Crippen molar-refractivity contribution < 1.29 is 9.90 Å². The van der Waals surface area contributed by atoms with Crippen molar-refractivity contribution in [3.05, 3.63) is 45.8 Å². The Balaban J connectivity index is 2.23. The normalized spacial score (nSPS) is 10.4. The van der Waals surface area contributed by atoms with Gasteiger partial charge in [-0.25, -0.2) is 9.78 Å². The molecular weight excluding hydrogens is 260 g/mol. The van der Waals surface area contributed by atoms with Gasteiger partial charge < -0.3 is 10.0 Å². The van der Waals surface area contributed by atoms with Gasteiger partial charge in [-0.05, 0) is 37.4 Å². The summed E-state index contributed by atoms with van der Waals surface area (Å²) in [4.78, 5) is 18.8. The topological polar surface area (TPSA) is 53.4 Å². The van der Waals surface area contributed by atoms with E-state index in [1.54, 1.807) is 30.4 Å². The molecule has 0 fully saturated rings. The molecule has 2 rings (SSSR count). The lowest BCUT2D eigenvalue weighted by atomic mass is 10.2. The molecule has 0 aliphatic rings. The summed E-state index contributed by atoms with van der Waals surface area (Å²) in [6.45, 7) is 5.42. The van der Waals surface area contributed by atoms with Crippen molar-refractivity contribution in [1.29, 1.82) is 0 Å². The minimum Gasteiger partial charge on any atom is -0.478 e. The largest absolute Gasteiger partial charge is 0.478 e. The standard InChI is InChI=1S/C14H16N2O2S/c1-3-16(9-11-5-4-8-19-11)13-7-6-12(14(17)18)10(2)15-13/h4-8H,3,9H2,1-2H3,(H,17,18). The summed E-state index contributed by atoms with van der Waals surface area (Å²) in [5.74, 6) is -0.115. The van der Waals surface area contributed by atoms with Crippen LogP contribution in [0.3, 0.4) is 0 Å². The van der Waals surface area contributed by atoms with E-state index >= 15 is 0 Å². The molecule has 0 saturated heterocycles. The van der Waals surface area contributed by atoms with Crippen LogP contribution >= 0.6 is 11.3 Å². The molecule has 100 valence electrons. The molecule has 0 amide bonds. The molecule has 2 aromatic rings. The molecule has 4 nitrogen and oxygen atoms in total. The molecular formula is C14H16N2O2S. The monoisotopic (exact) mass is 276 g/mol. The second-order valence-electron chi connectivity index (χ2n) is 4.20. The first-order chi connectivity index (χ1) is 9.11. The number of anilines is 1. The highest BCUT2D eigenvalue weighted by Gasteiger charge is 2.12. The summed E-state index contributed by atoms with van der Waals surface area (Å²) in [5, 5.41) is 11.1. The molecule has 0 atom stereocenters. The van der Waals surface area contributed by atoms with Crippen molar-refractivity contribution in [3.8, 4) is 0 Å². The van der Waals surface area contributed by atoms with E-state index < -0.39 is 5.97 Å². The highest BCUT2D eigenvalue weighted by atomic mass is 32.1. The first kappa shape index (κ1) is 13.5. The molecule has 2 heterocycles. The zero-order valence-corrected chi connectivity index (χ0v) is 11.8. The number of carboxylic acid groups (broad SMARTS) is 1. The summed E-state index contributed by atoms with van der Waals surface area (Å²) in [7, 11) is 0. The van der Waals surface area contributed by atoms with Crippen molar-refractivity contribution in [1.82, 2.24) is 4.98 Å². The van der Waals surface area contributed by atoms with Gasteiger partial charge in [0.05, 0.1) is 17.8 Å². The molecule has 1 N–H and O–H groups in total. The fourth-order valence-corrected chi connectivity index (χ4v) is 2.61. The van der Waals surface area contributed by atoms with Gasteiger partial charge in [-0.3, -0.25) is 0 Å². The predicted molar refractivity (Wildman–Crippen MR) is 77.0 cm³/mol. The van der Waals surface area contributed by atoms with Gasteiger partial charge in [-0.1, -0.05) is 6.07 Å². The fourth-order valence-electron chi connectivity index (χ4n) is 1.90. The number of aromatic carboxylic acids is 1. The van der Waals surface area contributed by atoms with Gasteiger partial charge in [0.25, 0.3) is 0 Å². The van der Waals surface area contributed by atoms with E-state index in [9.17, 15) is 4.79 Å². The number of hydrogen-bond donors (Lipinski definition) is 1. The van der Waals surface area contributed by atoms with Gasteiger partial charge in [0.15, 0.2) is 0 Å². The van der Waals surface area contributed by atoms with E-state index in [1.165, 1.54) is 4.88 Å². The van der Waals surface area contributed by atoms with Gasteiger partial charge in [-0.15, -0.1) is 11.3 Å². The Kier molecular flexibility index (Phi) is 4.16. The third kappa shape index (κ3) is 3.12. The van der Waals surface area contributed by atoms with Crippen LogP contribution in [-0.4, -0.2) is 22.6 Å². The summed E-state index contributed by atoms with van der Waals surface area (Å²) in [6.07, 6.45) is 0. The third-order valence-corrected chi connectivity index (χ3v) is 3.80.